The number of fused-ring (bicyclic) bond motifs is 1. The van der Waals surface area contributed by atoms with Crippen LogP contribution in [0.5, 0.6) is 0 Å². The normalized spacial score (nSPS) is 10.8. The Bertz CT molecular complexity index is 838. The van der Waals surface area contributed by atoms with Gasteiger partial charge in [0.15, 0.2) is 11.0 Å². The molecule has 2 aromatic carbocycles. The minimum atomic E-state index is 0. The molecule has 2 nitrogen and oxygen atoms in total. The van der Waals surface area contributed by atoms with Crippen LogP contribution in [0, 0.1) is 6.92 Å². The van der Waals surface area contributed by atoms with Crippen molar-refractivity contribution in [1.29, 1.82) is 0 Å². The van der Waals surface area contributed by atoms with E-state index in [0.29, 0.717) is 15.9 Å². The molecule has 0 aliphatic carbocycles. The number of hydrogen-bond acceptors (Lipinski definition) is 0. The minimum Gasteiger partial charge on any atom is -1.00 e. The molecule has 1 heterocycles. The predicted octanol–water partition coefficient (Wildman–Crippen LogP) is 1.87. The van der Waals surface area contributed by atoms with Gasteiger partial charge in [-0.15, -0.1) is 11.6 Å². The largest absolute Gasteiger partial charge is 1.00 e. The first-order chi connectivity index (χ1) is 10.5. The van der Waals surface area contributed by atoms with Gasteiger partial charge in [-0.25, -0.2) is 9.13 Å². The average molecular weight is 390 g/mol. The highest BCUT2D eigenvalue weighted by Gasteiger charge is 2.21. The van der Waals surface area contributed by atoms with E-state index >= 15 is 0 Å². The summed E-state index contributed by atoms with van der Waals surface area (Å²) in [7, 11) is 2.04. The number of nitrogens with zero attached hydrogens (tertiary/aromatic N) is 2. The van der Waals surface area contributed by atoms with E-state index in [9.17, 15) is 0 Å². The fourth-order valence-electron chi connectivity index (χ4n) is 2.66. The molecule has 0 amide bonds. The number of aromatic nitrogens is 2. The molecule has 0 spiro atoms. The third-order valence-corrected chi connectivity index (χ3v) is 5.09. The molecule has 3 rings (SSSR count). The van der Waals surface area contributed by atoms with Gasteiger partial charge in [0, 0.05) is 24.9 Å². The van der Waals surface area contributed by atoms with Crippen LogP contribution >= 0.6 is 34.8 Å². The molecular formula is C17H16Cl4N2. The molecule has 6 heteroatoms. The Hall–Kier alpha value is -0.930. The maximum absolute atomic E-state index is 6.19. The molecule has 23 heavy (non-hydrogen) atoms. The van der Waals surface area contributed by atoms with Gasteiger partial charge < -0.3 is 12.4 Å². The van der Waals surface area contributed by atoms with Gasteiger partial charge in [0.1, 0.15) is 6.54 Å². The molecule has 0 aliphatic rings. The number of alkyl halides is 1. The second-order valence-electron chi connectivity index (χ2n) is 5.40. The van der Waals surface area contributed by atoms with Gasteiger partial charge >= 0.3 is 0 Å². The zero-order valence-electron chi connectivity index (χ0n) is 12.8. The van der Waals surface area contributed by atoms with E-state index in [1.165, 1.54) is 5.56 Å². The van der Waals surface area contributed by atoms with E-state index in [1.54, 1.807) is 0 Å². The molecule has 0 bridgehead atoms. The van der Waals surface area contributed by atoms with Crippen LogP contribution in [0.25, 0.3) is 11.0 Å². The van der Waals surface area contributed by atoms with Gasteiger partial charge in [-0.1, -0.05) is 47.5 Å². The van der Waals surface area contributed by atoms with Crippen molar-refractivity contribution in [3.63, 3.8) is 0 Å². The van der Waals surface area contributed by atoms with Crippen molar-refractivity contribution < 1.29 is 17.0 Å². The monoisotopic (exact) mass is 388 g/mol. The summed E-state index contributed by atoms with van der Waals surface area (Å²) in [6.45, 7) is 2.87. The molecule has 0 saturated carbocycles. The summed E-state index contributed by atoms with van der Waals surface area (Å²) in [4.78, 5) is 0. The van der Waals surface area contributed by atoms with Gasteiger partial charge in [0.05, 0.1) is 17.1 Å². The smallest absolute Gasteiger partial charge is 0.254 e. The summed E-state index contributed by atoms with van der Waals surface area (Å²) in [6, 6.07) is 12.2. The summed E-state index contributed by atoms with van der Waals surface area (Å²) < 4.78 is 4.37. The van der Waals surface area contributed by atoms with Gasteiger partial charge in [-0.05, 0) is 11.1 Å². The van der Waals surface area contributed by atoms with E-state index in [1.807, 2.05) is 19.2 Å². The Morgan fingerprint density at radius 2 is 1.57 bits per heavy atom. The third kappa shape index (κ3) is 3.46. The van der Waals surface area contributed by atoms with Crippen molar-refractivity contribution >= 4 is 45.8 Å². The Morgan fingerprint density at radius 3 is 2.17 bits per heavy atom. The average Bonchev–Trinajstić information content (AvgIpc) is 2.74. The third-order valence-electron chi connectivity index (χ3n) is 4.06. The Morgan fingerprint density at radius 1 is 1.00 bits per heavy atom. The van der Waals surface area contributed by atoms with Crippen LogP contribution in [0.15, 0.2) is 36.4 Å². The lowest BCUT2D eigenvalue weighted by atomic mass is 10.1. The van der Waals surface area contributed by atoms with Crippen molar-refractivity contribution in [3.05, 3.63) is 63.4 Å². The van der Waals surface area contributed by atoms with E-state index in [-0.39, 0.29) is 12.4 Å². The molecule has 0 aliphatic heterocycles. The van der Waals surface area contributed by atoms with Crippen LogP contribution in [0.4, 0.5) is 0 Å². The van der Waals surface area contributed by atoms with Gasteiger partial charge in [-0.3, -0.25) is 0 Å². The first-order valence-corrected chi connectivity index (χ1v) is 8.28. The van der Waals surface area contributed by atoms with E-state index in [4.69, 9.17) is 34.8 Å². The van der Waals surface area contributed by atoms with E-state index in [2.05, 4.69) is 40.3 Å². The Balaban J connectivity index is 0.00000192. The lowest BCUT2D eigenvalue weighted by molar-refractivity contribution is -0.652. The molecule has 0 unspecified atom stereocenters. The summed E-state index contributed by atoms with van der Waals surface area (Å²) >= 11 is 18.2. The molecule has 0 radical (unpaired) electrons. The number of halogens is 4. The molecule has 1 aromatic heterocycles. The van der Waals surface area contributed by atoms with Crippen LogP contribution in [-0.2, 0) is 19.5 Å². The molecule has 122 valence electrons. The number of aryl methyl sites for hydroxylation is 1. The van der Waals surface area contributed by atoms with Crippen LogP contribution in [0.3, 0.4) is 0 Å². The predicted molar refractivity (Wildman–Crippen MR) is 93.0 cm³/mol. The number of benzene rings is 2. The first-order valence-electron chi connectivity index (χ1n) is 6.99. The van der Waals surface area contributed by atoms with Crippen LogP contribution in [0.2, 0.25) is 10.0 Å². The Kier molecular flexibility index (Phi) is 5.85. The molecular weight excluding hydrogens is 374 g/mol. The van der Waals surface area contributed by atoms with Crippen LogP contribution < -0.4 is 17.0 Å². The number of hydrogen-bond donors (Lipinski definition) is 0. The summed E-state index contributed by atoms with van der Waals surface area (Å²) in [6.07, 6.45) is 0. The minimum absolute atomic E-state index is 0. The van der Waals surface area contributed by atoms with Crippen molar-refractivity contribution in [2.75, 3.05) is 0 Å². The van der Waals surface area contributed by atoms with Crippen molar-refractivity contribution in [1.82, 2.24) is 4.57 Å². The summed E-state index contributed by atoms with van der Waals surface area (Å²) in [5.41, 5.74) is 4.50. The maximum Gasteiger partial charge on any atom is 0.254 e. The van der Waals surface area contributed by atoms with Crippen molar-refractivity contribution in [2.24, 2.45) is 7.05 Å². The maximum atomic E-state index is 6.19. The number of imidazole rings is 1. The molecule has 0 atom stereocenters. The number of rotatable bonds is 3. The zero-order valence-corrected chi connectivity index (χ0v) is 15.8. The second kappa shape index (κ2) is 7.31. The van der Waals surface area contributed by atoms with Crippen molar-refractivity contribution in [2.45, 2.75) is 19.3 Å². The zero-order chi connectivity index (χ0) is 15.9. The van der Waals surface area contributed by atoms with Crippen LogP contribution in [-0.4, -0.2) is 4.57 Å². The van der Waals surface area contributed by atoms with Gasteiger partial charge in [0.2, 0.25) is 0 Å². The molecule has 0 saturated heterocycles. The molecule has 0 fully saturated rings. The summed E-state index contributed by atoms with van der Waals surface area (Å²) in [5, 5.41) is 1.15. The van der Waals surface area contributed by atoms with Gasteiger partial charge in [-0.2, -0.15) is 0 Å². The highest BCUT2D eigenvalue weighted by atomic mass is 35.5. The van der Waals surface area contributed by atoms with E-state index in [0.717, 1.165) is 29.0 Å². The van der Waals surface area contributed by atoms with Gasteiger partial charge in [0.25, 0.3) is 5.82 Å². The highest BCUT2D eigenvalue weighted by Crippen LogP contribution is 2.28. The standard InChI is InChI=1S/C17H16Cl3N2.ClH/c1-11-21(2)16-7-14(19)15(20)8-17(16)22(11)10-13-5-3-12(9-18)4-6-13;/h3-8H,9-10H2,1-2H3;1H/q+1;/p-1. The SMILES string of the molecule is Cc1n(Cc2ccc(CCl)cc2)c2cc(Cl)c(Cl)cc2[n+]1C.[Cl-]. The van der Waals surface area contributed by atoms with E-state index < -0.39 is 0 Å². The van der Waals surface area contributed by atoms with Crippen LogP contribution in [0.1, 0.15) is 17.0 Å². The molecule has 0 N–H and O–H groups in total. The molecule has 3 aromatic rings. The Labute approximate surface area is 157 Å². The topological polar surface area (TPSA) is 8.81 Å². The van der Waals surface area contributed by atoms with Crippen molar-refractivity contribution in [3.8, 4) is 0 Å². The quantitative estimate of drug-likeness (QED) is 0.477. The fraction of sp³-hybridized carbons (Fsp3) is 0.235. The fourth-order valence-corrected chi connectivity index (χ4v) is 3.15. The first kappa shape index (κ1) is 18.4. The lowest BCUT2D eigenvalue weighted by Gasteiger charge is -2.03. The second-order valence-corrected chi connectivity index (χ2v) is 6.48. The summed E-state index contributed by atoms with van der Waals surface area (Å²) in [5.74, 6) is 1.68. The lowest BCUT2D eigenvalue weighted by Crippen LogP contribution is -3.00. The highest BCUT2D eigenvalue weighted by molar-refractivity contribution is 6.42.